The molecule has 8 nitrogen and oxygen atoms in total. The Kier molecular flexibility index (Phi) is 6.43. The van der Waals surface area contributed by atoms with Crippen LogP contribution in [-0.4, -0.2) is 48.7 Å². The molecule has 0 saturated heterocycles. The third-order valence-corrected chi connectivity index (χ3v) is 6.31. The Morgan fingerprint density at radius 1 is 1.15 bits per heavy atom. The normalized spacial score (nSPS) is 12.6. The lowest BCUT2D eigenvalue weighted by Gasteiger charge is -2.20. The van der Waals surface area contributed by atoms with Gasteiger partial charge in [0.15, 0.2) is 11.5 Å². The molecule has 2 heterocycles. The fourth-order valence-corrected chi connectivity index (χ4v) is 4.88. The van der Waals surface area contributed by atoms with Crippen LogP contribution in [0.2, 0.25) is 0 Å². The summed E-state index contributed by atoms with van der Waals surface area (Å²) in [6.45, 7) is 2.21. The summed E-state index contributed by atoms with van der Waals surface area (Å²) >= 11 is 0. The molecule has 0 unspecified atom stereocenters. The van der Waals surface area contributed by atoms with E-state index >= 15 is 0 Å². The second kappa shape index (κ2) is 9.30. The highest BCUT2D eigenvalue weighted by Crippen LogP contribution is 2.33. The van der Waals surface area contributed by atoms with E-state index in [0.717, 1.165) is 6.26 Å². The molecule has 1 atom stereocenters. The molecule has 0 fully saturated rings. The Morgan fingerprint density at radius 3 is 2.62 bits per heavy atom. The van der Waals surface area contributed by atoms with Crippen LogP contribution in [0.15, 0.2) is 59.5 Å². The number of fused-ring (bicyclic) bond motifs is 1. The Bertz CT molecular complexity index is 1510. The smallest absolute Gasteiger partial charge is 0.327 e. The third kappa shape index (κ3) is 4.67. The third-order valence-electron chi connectivity index (χ3n) is 5.39. The van der Waals surface area contributed by atoms with Gasteiger partial charge in [-0.1, -0.05) is 12.1 Å². The molecule has 0 bridgehead atoms. The topological polar surface area (TPSA) is 103 Å². The number of H-pyrrole nitrogens is 1. The number of nitrogens with one attached hydrogen (secondary N) is 1. The molecule has 1 N–H and O–H groups in total. The SMILES string of the molecule is CCOc1cc([C@@H](CS(C)(=O)=O)n2c(=O)[nH]c3cc(-c4ncccc4F)ccc32)ccc1OC. The Balaban J connectivity index is 1.89. The Hall–Kier alpha value is -3.66. The van der Waals surface area contributed by atoms with E-state index in [4.69, 9.17) is 9.47 Å². The van der Waals surface area contributed by atoms with Gasteiger partial charge in [0.25, 0.3) is 0 Å². The molecule has 10 heteroatoms. The van der Waals surface area contributed by atoms with Crippen molar-refractivity contribution in [1.29, 1.82) is 0 Å². The van der Waals surface area contributed by atoms with Gasteiger partial charge >= 0.3 is 5.69 Å². The van der Waals surface area contributed by atoms with Gasteiger partial charge in [0.2, 0.25) is 0 Å². The summed E-state index contributed by atoms with van der Waals surface area (Å²) in [6, 6.07) is 12.0. The van der Waals surface area contributed by atoms with Gasteiger partial charge in [0.05, 0.1) is 36.5 Å². The van der Waals surface area contributed by atoms with Crippen molar-refractivity contribution < 1.29 is 22.3 Å². The zero-order chi connectivity index (χ0) is 24.5. The molecule has 0 aliphatic carbocycles. The molecule has 2 aromatic carbocycles. The second-order valence-corrected chi connectivity index (χ2v) is 10.0. The van der Waals surface area contributed by atoms with Crippen LogP contribution in [-0.2, 0) is 9.84 Å². The minimum atomic E-state index is -3.49. The van der Waals surface area contributed by atoms with E-state index < -0.39 is 27.4 Å². The molecule has 0 spiro atoms. The van der Waals surface area contributed by atoms with E-state index in [1.54, 1.807) is 36.4 Å². The van der Waals surface area contributed by atoms with Crippen molar-refractivity contribution in [2.24, 2.45) is 0 Å². The van der Waals surface area contributed by atoms with Gasteiger partial charge < -0.3 is 14.5 Å². The van der Waals surface area contributed by atoms with Crippen LogP contribution in [0.1, 0.15) is 18.5 Å². The Morgan fingerprint density at radius 2 is 1.94 bits per heavy atom. The fraction of sp³-hybridized carbons (Fsp3) is 0.250. The summed E-state index contributed by atoms with van der Waals surface area (Å²) in [5.41, 5.74) is 1.63. The van der Waals surface area contributed by atoms with Gasteiger partial charge in [-0.3, -0.25) is 9.55 Å². The number of methoxy groups -OCH3 is 1. The van der Waals surface area contributed by atoms with Crippen LogP contribution in [0.3, 0.4) is 0 Å². The van der Waals surface area contributed by atoms with Crippen molar-refractivity contribution in [3.8, 4) is 22.8 Å². The van der Waals surface area contributed by atoms with E-state index in [1.807, 2.05) is 6.92 Å². The van der Waals surface area contributed by atoms with Gasteiger partial charge in [-0.15, -0.1) is 0 Å². The van der Waals surface area contributed by atoms with Crippen molar-refractivity contribution in [2.75, 3.05) is 25.7 Å². The number of ether oxygens (including phenoxy) is 2. The maximum atomic E-state index is 14.2. The number of aromatic amines is 1. The minimum Gasteiger partial charge on any atom is -0.493 e. The van der Waals surface area contributed by atoms with Crippen molar-refractivity contribution in [3.63, 3.8) is 0 Å². The van der Waals surface area contributed by atoms with Crippen molar-refractivity contribution in [2.45, 2.75) is 13.0 Å². The van der Waals surface area contributed by atoms with E-state index in [1.165, 1.54) is 30.0 Å². The van der Waals surface area contributed by atoms with Gasteiger partial charge in [-0.25, -0.2) is 17.6 Å². The van der Waals surface area contributed by atoms with Gasteiger partial charge in [-0.05, 0) is 48.9 Å². The molecule has 4 aromatic rings. The zero-order valence-corrected chi connectivity index (χ0v) is 19.7. The monoisotopic (exact) mass is 485 g/mol. The first-order valence-electron chi connectivity index (χ1n) is 10.6. The lowest BCUT2D eigenvalue weighted by Crippen LogP contribution is -2.28. The summed E-state index contributed by atoms with van der Waals surface area (Å²) in [6.07, 6.45) is 2.60. The molecule has 0 radical (unpaired) electrons. The predicted octanol–water partition coefficient (Wildman–Crippen LogP) is 3.57. The summed E-state index contributed by atoms with van der Waals surface area (Å²) in [7, 11) is -1.97. The molecule has 0 saturated carbocycles. The molecule has 34 heavy (non-hydrogen) atoms. The van der Waals surface area contributed by atoms with E-state index in [9.17, 15) is 17.6 Å². The highest BCUT2D eigenvalue weighted by Gasteiger charge is 2.25. The first-order chi connectivity index (χ1) is 16.2. The quantitative estimate of drug-likeness (QED) is 0.409. The van der Waals surface area contributed by atoms with E-state index in [0.29, 0.717) is 40.3 Å². The number of benzene rings is 2. The number of sulfone groups is 1. The second-order valence-electron chi connectivity index (χ2n) is 7.82. The van der Waals surface area contributed by atoms with Crippen molar-refractivity contribution in [1.82, 2.24) is 14.5 Å². The van der Waals surface area contributed by atoms with Crippen LogP contribution in [0.25, 0.3) is 22.3 Å². The zero-order valence-electron chi connectivity index (χ0n) is 18.9. The number of pyridine rings is 1. The van der Waals surface area contributed by atoms with Crippen LogP contribution >= 0.6 is 0 Å². The molecule has 2 aromatic heterocycles. The van der Waals surface area contributed by atoms with Gasteiger partial charge in [0, 0.05) is 18.0 Å². The Labute approximate surface area is 195 Å². The van der Waals surface area contributed by atoms with E-state index in [2.05, 4.69) is 9.97 Å². The average molecular weight is 486 g/mol. The lowest BCUT2D eigenvalue weighted by molar-refractivity contribution is 0.310. The van der Waals surface area contributed by atoms with Crippen molar-refractivity contribution >= 4 is 20.9 Å². The van der Waals surface area contributed by atoms with Crippen LogP contribution < -0.4 is 15.2 Å². The molecular weight excluding hydrogens is 461 g/mol. The maximum absolute atomic E-state index is 14.2. The van der Waals surface area contributed by atoms with Crippen LogP contribution in [0, 0.1) is 5.82 Å². The predicted molar refractivity (Wildman–Crippen MR) is 128 cm³/mol. The molecule has 0 aliphatic heterocycles. The molecule has 178 valence electrons. The molecular formula is C24H24FN3O5S. The highest BCUT2D eigenvalue weighted by molar-refractivity contribution is 7.90. The van der Waals surface area contributed by atoms with Crippen LogP contribution in [0.5, 0.6) is 11.5 Å². The van der Waals surface area contributed by atoms with Crippen LogP contribution in [0.4, 0.5) is 4.39 Å². The largest absolute Gasteiger partial charge is 0.493 e. The fourth-order valence-electron chi connectivity index (χ4n) is 3.96. The molecule has 0 amide bonds. The maximum Gasteiger partial charge on any atom is 0.327 e. The summed E-state index contributed by atoms with van der Waals surface area (Å²) < 4.78 is 51.3. The first kappa shape index (κ1) is 23.5. The standard InChI is InChI=1S/C24H24FN3O5S/c1-4-33-22-13-15(8-10-21(22)32-2)20(14-34(3,30)31)28-19-9-7-16(12-18(19)27-24(28)29)23-17(25)6-5-11-26-23/h5-13,20H,4,14H2,1-3H3,(H,27,29)/t20-/m1/s1. The summed E-state index contributed by atoms with van der Waals surface area (Å²) in [5.74, 6) is 0.146. The molecule has 4 rings (SSSR count). The average Bonchev–Trinajstić information content (AvgIpc) is 3.12. The number of aromatic nitrogens is 3. The number of nitrogens with zero attached hydrogens (tertiary/aromatic N) is 2. The van der Waals surface area contributed by atoms with Gasteiger partial charge in [0.1, 0.15) is 21.3 Å². The number of rotatable bonds is 8. The lowest BCUT2D eigenvalue weighted by atomic mass is 10.1. The number of hydrogen-bond donors (Lipinski definition) is 1. The molecule has 0 aliphatic rings. The summed E-state index contributed by atoms with van der Waals surface area (Å²) in [5, 5.41) is 0. The van der Waals surface area contributed by atoms with Crippen molar-refractivity contribution in [3.05, 3.63) is 76.6 Å². The number of imidazole rings is 1. The number of halogens is 1. The first-order valence-corrected chi connectivity index (χ1v) is 12.6. The highest BCUT2D eigenvalue weighted by atomic mass is 32.2. The minimum absolute atomic E-state index is 0.155. The summed E-state index contributed by atoms with van der Waals surface area (Å²) in [4.78, 5) is 19.9. The number of hydrogen-bond acceptors (Lipinski definition) is 6. The van der Waals surface area contributed by atoms with E-state index in [-0.39, 0.29) is 11.4 Å². The van der Waals surface area contributed by atoms with Gasteiger partial charge in [-0.2, -0.15) is 0 Å².